The fourth-order valence-electron chi connectivity index (χ4n) is 4.39. The standard InChI is InChI=1S/C28H24N4O5/c1-36-23-15-9-8-14-22(23)32-25-24(26(33)31(28(32)35)16-19-10-4-3-5-11-19)30(18-29-25)17-20-12-6-7-13-21(20)27(34)37-2/h3-15,18H,16-17H2,1-2H3. The zero-order valence-electron chi connectivity index (χ0n) is 20.3. The van der Waals surface area contributed by atoms with E-state index in [2.05, 4.69) is 4.98 Å². The number of benzene rings is 3. The van der Waals surface area contributed by atoms with Gasteiger partial charge in [-0.1, -0.05) is 60.7 Å². The predicted molar refractivity (Wildman–Crippen MR) is 139 cm³/mol. The first-order chi connectivity index (χ1) is 18.0. The van der Waals surface area contributed by atoms with Crippen molar-refractivity contribution in [3.63, 3.8) is 0 Å². The Balaban J connectivity index is 1.77. The van der Waals surface area contributed by atoms with Gasteiger partial charge in [0.15, 0.2) is 11.2 Å². The number of esters is 1. The maximum absolute atomic E-state index is 13.8. The van der Waals surface area contributed by atoms with Gasteiger partial charge in [-0.25, -0.2) is 19.1 Å². The van der Waals surface area contributed by atoms with E-state index in [9.17, 15) is 14.4 Å². The number of fused-ring (bicyclic) bond motifs is 1. The van der Waals surface area contributed by atoms with E-state index in [0.717, 1.165) is 5.56 Å². The molecule has 0 unspecified atom stereocenters. The Morgan fingerprint density at radius 1 is 0.865 bits per heavy atom. The Morgan fingerprint density at radius 2 is 1.57 bits per heavy atom. The minimum Gasteiger partial charge on any atom is -0.495 e. The van der Waals surface area contributed by atoms with Gasteiger partial charge in [-0.05, 0) is 29.3 Å². The van der Waals surface area contributed by atoms with Crippen LogP contribution in [0, 0.1) is 0 Å². The molecule has 0 aliphatic rings. The van der Waals surface area contributed by atoms with Crippen LogP contribution in [0.4, 0.5) is 0 Å². The van der Waals surface area contributed by atoms with E-state index >= 15 is 0 Å². The number of rotatable bonds is 7. The lowest BCUT2D eigenvalue weighted by Gasteiger charge is -2.15. The summed E-state index contributed by atoms with van der Waals surface area (Å²) in [6, 6.07) is 23.4. The largest absolute Gasteiger partial charge is 0.495 e. The highest BCUT2D eigenvalue weighted by Gasteiger charge is 2.22. The van der Waals surface area contributed by atoms with E-state index in [1.54, 1.807) is 53.1 Å². The number of hydrogen-bond acceptors (Lipinski definition) is 6. The highest BCUT2D eigenvalue weighted by atomic mass is 16.5. The summed E-state index contributed by atoms with van der Waals surface area (Å²) in [7, 11) is 2.84. The first-order valence-corrected chi connectivity index (χ1v) is 11.6. The van der Waals surface area contributed by atoms with Crippen LogP contribution in [0.1, 0.15) is 21.5 Å². The summed E-state index contributed by atoms with van der Waals surface area (Å²) in [5, 5.41) is 0. The van der Waals surface area contributed by atoms with E-state index < -0.39 is 17.2 Å². The van der Waals surface area contributed by atoms with Crippen molar-refractivity contribution >= 4 is 17.1 Å². The second-order valence-corrected chi connectivity index (χ2v) is 8.36. The summed E-state index contributed by atoms with van der Waals surface area (Å²) in [4.78, 5) is 44.4. The first-order valence-electron chi connectivity index (χ1n) is 11.6. The average Bonchev–Trinajstić information content (AvgIpc) is 3.35. The monoisotopic (exact) mass is 496 g/mol. The molecule has 37 heavy (non-hydrogen) atoms. The molecule has 0 radical (unpaired) electrons. The molecule has 2 heterocycles. The summed E-state index contributed by atoms with van der Waals surface area (Å²) in [6.07, 6.45) is 1.50. The fraction of sp³-hybridized carbons (Fsp3) is 0.143. The van der Waals surface area contributed by atoms with E-state index in [1.807, 2.05) is 30.3 Å². The number of aromatic nitrogens is 4. The second kappa shape index (κ2) is 9.98. The number of methoxy groups -OCH3 is 2. The molecule has 9 nitrogen and oxygen atoms in total. The number of hydrogen-bond donors (Lipinski definition) is 0. The smallest absolute Gasteiger partial charge is 0.338 e. The molecule has 0 bridgehead atoms. The molecule has 0 saturated heterocycles. The van der Waals surface area contributed by atoms with Gasteiger partial charge in [0.2, 0.25) is 0 Å². The third kappa shape index (κ3) is 4.31. The summed E-state index contributed by atoms with van der Waals surface area (Å²) in [6.45, 7) is 0.250. The molecular formula is C28H24N4O5. The van der Waals surface area contributed by atoms with E-state index in [0.29, 0.717) is 22.6 Å². The van der Waals surface area contributed by atoms with Gasteiger partial charge in [-0.3, -0.25) is 9.36 Å². The number of para-hydroxylation sites is 2. The first kappa shape index (κ1) is 23.8. The van der Waals surface area contributed by atoms with Crippen molar-refractivity contribution in [2.45, 2.75) is 13.1 Å². The lowest BCUT2D eigenvalue weighted by molar-refractivity contribution is 0.0599. The van der Waals surface area contributed by atoms with Crippen molar-refractivity contribution in [3.05, 3.63) is 123 Å². The zero-order valence-corrected chi connectivity index (χ0v) is 20.3. The quantitative estimate of drug-likeness (QED) is 0.321. The maximum atomic E-state index is 13.8. The lowest BCUT2D eigenvalue weighted by Crippen LogP contribution is -2.40. The van der Waals surface area contributed by atoms with Crippen LogP contribution in [0.2, 0.25) is 0 Å². The van der Waals surface area contributed by atoms with Crippen LogP contribution in [0.5, 0.6) is 5.75 Å². The third-order valence-electron chi connectivity index (χ3n) is 6.17. The van der Waals surface area contributed by atoms with Crippen LogP contribution in [0.15, 0.2) is 94.8 Å². The van der Waals surface area contributed by atoms with Crippen LogP contribution >= 0.6 is 0 Å². The van der Waals surface area contributed by atoms with Crippen LogP contribution < -0.4 is 16.0 Å². The van der Waals surface area contributed by atoms with Crippen molar-refractivity contribution in [1.29, 1.82) is 0 Å². The van der Waals surface area contributed by atoms with Crippen molar-refractivity contribution < 1.29 is 14.3 Å². The van der Waals surface area contributed by atoms with Crippen molar-refractivity contribution in [2.75, 3.05) is 14.2 Å². The molecule has 0 aliphatic heterocycles. The molecule has 0 saturated carbocycles. The molecule has 186 valence electrons. The Kier molecular flexibility index (Phi) is 6.42. The second-order valence-electron chi connectivity index (χ2n) is 8.36. The number of nitrogens with zero attached hydrogens (tertiary/aromatic N) is 4. The number of imidazole rings is 1. The lowest BCUT2D eigenvalue weighted by atomic mass is 10.1. The molecule has 0 atom stereocenters. The normalized spacial score (nSPS) is 11.0. The van der Waals surface area contributed by atoms with Gasteiger partial charge in [0.25, 0.3) is 5.56 Å². The Labute approximate surface area is 211 Å². The summed E-state index contributed by atoms with van der Waals surface area (Å²) in [5.41, 5.74) is 1.69. The highest BCUT2D eigenvalue weighted by molar-refractivity contribution is 5.91. The molecule has 5 aromatic rings. The number of carbonyl (C=O) groups is 1. The van der Waals surface area contributed by atoms with Gasteiger partial charge >= 0.3 is 11.7 Å². The maximum Gasteiger partial charge on any atom is 0.338 e. The van der Waals surface area contributed by atoms with Crippen molar-refractivity contribution in [3.8, 4) is 11.4 Å². The summed E-state index contributed by atoms with van der Waals surface area (Å²) >= 11 is 0. The van der Waals surface area contributed by atoms with Crippen LogP contribution in [0.25, 0.3) is 16.9 Å². The van der Waals surface area contributed by atoms with Crippen LogP contribution in [0.3, 0.4) is 0 Å². The van der Waals surface area contributed by atoms with E-state index in [4.69, 9.17) is 9.47 Å². The molecule has 3 aromatic carbocycles. The highest BCUT2D eigenvalue weighted by Crippen LogP contribution is 2.24. The molecule has 9 heteroatoms. The zero-order chi connectivity index (χ0) is 25.9. The minimum atomic E-state index is -0.536. The molecule has 0 spiro atoms. The van der Waals surface area contributed by atoms with Crippen molar-refractivity contribution in [2.24, 2.45) is 0 Å². The summed E-state index contributed by atoms with van der Waals surface area (Å²) < 4.78 is 14.7. The topological polar surface area (TPSA) is 97.4 Å². The van der Waals surface area contributed by atoms with Gasteiger partial charge in [-0.2, -0.15) is 0 Å². The number of ether oxygens (including phenoxy) is 2. The molecule has 0 amide bonds. The van der Waals surface area contributed by atoms with E-state index in [-0.39, 0.29) is 24.3 Å². The Hall–Kier alpha value is -4.92. The Morgan fingerprint density at radius 3 is 2.32 bits per heavy atom. The van der Waals surface area contributed by atoms with Gasteiger partial charge in [0, 0.05) is 0 Å². The average molecular weight is 497 g/mol. The van der Waals surface area contributed by atoms with Gasteiger partial charge in [0.1, 0.15) is 5.75 Å². The fourth-order valence-corrected chi connectivity index (χ4v) is 4.39. The van der Waals surface area contributed by atoms with Crippen LogP contribution in [-0.4, -0.2) is 38.9 Å². The summed E-state index contributed by atoms with van der Waals surface area (Å²) in [5.74, 6) is -0.0196. The SMILES string of the molecule is COC(=O)c1ccccc1Cn1cnc2c1c(=O)n(Cc1ccccc1)c(=O)n2-c1ccccc1OC. The minimum absolute atomic E-state index is 0.0769. The Bertz CT molecular complexity index is 1720. The van der Waals surface area contributed by atoms with Gasteiger partial charge in [-0.15, -0.1) is 0 Å². The molecule has 0 fully saturated rings. The molecule has 0 N–H and O–H groups in total. The predicted octanol–water partition coefficient (Wildman–Crippen LogP) is 3.24. The number of carbonyl (C=O) groups excluding carboxylic acids is 1. The third-order valence-corrected chi connectivity index (χ3v) is 6.17. The molecule has 2 aromatic heterocycles. The van der Waals surface area contributed by atoms with E-state index in [1.165, 1.54) is 29.7 Å². The van der Waals surface area contributed by atoms with Gasteiger partial charge in [0.05, 0.1) is 44.9 Å². The molecule has 5 rings (SSSR count). The van der Waals surface area contributed by atoms with Crippen molar-refractivity contribution in [1.82, 2.24) is 18.7 Å². The molecule has 0 aliphatic carbocycles. The van der Waals surface area contributed by atoms with Crippen LogP contribution in [-0.2, 0) is 17.8 Å². The van der Waals surface area contributed by atoms with Gasteiger partial charge < -0.3 is 14.0 Å². The molecular weight excluding hydrogens is 472 g/mol.